The molecule has 1 aromatic heterocycles. The number of carbonyl (C=O) groups is 1. The van der Waals surface area contributed by atoms with Gasteiger partial charge in [-0.15, -0.1) is 0 Å². The van der Waals surface area contributed by atoms with E-state index in [4.69, 9.17) is 0 Å². The van der Waals surface area contributed by atoms with Crippen molar-refractivity contribution in [3.8, 4) is 0 Å². The summed E-state index contributed by atoms with van der Waals surface area (Å²) < 4.78 is 1.26. The quantitative estimate of drug-likeness (QED) is 0.600. The maximum Gasteiger partial charge on any atom is 0.266 e. The third-order valence-corrected chi connectivity index (χ3v) is 1.53. The van der Waals surface area contributed by atoms with Gasteiger partial charge >= 0.3 is 0 Å². The number of nitrogens with zero attached hydrogens (tertiary/aromatic N) is 2. The summed E-state index contributed by atoms with van der Waals surface area (Å²) in [6.07, 6.45) is 0. The lowest BCUT2D eigenvalue weighted by Crippen LogP contribution is -2.22. The van der Waals surface area contributed by atoms with E-state index in [1.165, 1.54) is 23.7 Å². The molecule has 0 saturated carbocycles. The molecular formula is C8H10N2O2. The molecule has 1 rings (SSSR count). The number of aromatic nitrogens is 2. The smallest absolute Gasteiger partial charge is 0.266 e. The zero-order valence-electron chi connectivity index (χ0n) is 7.07. The van der Waals surface area contributed by atoms with E-state index < -0.39 is 0 Å². The number of ketones is 1. The highest BCUT2D eigenvalue weighted by Gasteiger charge is 2.02. The van der Waals surface area contributed by atoms with Crippen molar-refractivity contribution >= 4 is 5.78 Å². The van der Waals surface area contributed by atoms with Gasteiger partial charge in [-0.3, -0.25) is 9.59 Å². The SMILES string of the molecule is CCn1nc(C(C)=O)ccc1=O. The Balaban J connectivity index is 3.23. The summed E-state index contributed by atoms with van der Waals surface area (Å²) in [6.45, 7) is 3.71. The molecular weight excluding hydrogens is 156 g/mol. The van der Waals surface area contributed by atoms with Crippen molar-refractivity contribution in [2.75, 3.05) is 0 Å². The molecule has 0 aromatic carbocycles. The van der Waals surface area contributed by atoms with Crippen LogP contribution in [0.25, 0.3) is 0 Å². The van der Waals surface area contributed by atoms with Gasteiger partial charge < -0.3 is 0 Å². The van der Waals surface area contributed by atoms with E-state index in [1.807, 2.05) is 0 Å². The lowest BCUT2D eigenvalue weighted by atomic mass is 10.3. The molecule has 64 valence electrons. The van der Waals surface area contributed by atoms with Crippen LogP contribution in [0.5, 0.6) is 0 Å². The maximum absolute atomic E-state index is 11.0. The second-order valence-electron chi connectivity index (χ2n) is 2.43. The van der Waals surface area contributed by atoms with Crippen molar-refractivity contribution in [2.45, 2.75) is 20.4 Å². The summed E-state index contributed by atoms with van der Waals surface area (Å²) in [4.78, 5) is 21.9. The lowest BCUT2D eigenvalue weighted by molar-refractivity contribution is 0.101. The normalized spacial score (nSPS) is 9.83. The van der Waals surface area contributed by atoms with Gasteiger partial charge in [0.2, 0.25) is 0 Å². The van der Waals surface area contributed by atoms with Gasteiger partial charge in [-0.1, -0.05) is 0 Å². The number of hydrogen-bond acceptors (Lipinski definition) is 3. The van der Waals surface area contributed by atoms with Crippen molar-refractivity contribution in [3.63, 3.8) is 0 Å². The number of carbonyl (C=O) groups excluding carboxylic acids is 1. The van der Waals surface area contributed by atoms with E-state index >= 15 is 0 Å². The highest BCUT2D eigenvalue weighted by atomic mass is 16.1. The van der Waals surface area contributed by atoms with E-state index in [9.17, 15) is 9.59 Å². The second kappa shape index (κ2) is 3.30. The second-order valence-corrected chi connectivity index (χ2v) is 2.43. The summed E-state index contributed by atoms with van der Waals surface area (Å²) in [6, 6.07) is 2.80. The fourth-order valence-corrected chi connectivity index (χ4v) is 0.863. The van der Waals surface area contributed by atoms with Gasteiger partial charge in [0.25, 0.3) is 5.56 Å². The zero-order valence-corrected chi connectivity index (χ0v) is 7.07. The highest BCUT2D eigenvalue weighted by Crippen LogP contribution is 1.90. The average molecular weight is 166 g/mol. The molecule has 12 heavy (non-hydrogen) atoms. The Morgan fingerprint density at radius 2 is 2.25 bits per heavy atom. The number of aryl methyl sites for hydroxylation is 1. The molecule has 0 N–H and O–H groups in total. The van der Waals surface area contributed by atoms with E-state index in [2.05, 4.69) is 5.10 Å². The first-order valence-electron chi connectivity index (χ1n) is 3.74. The monoisotopic (exact) mass is 166 g/mol. The topological polar surface area (TPSA) is 52.0 Å². The van der Waals surface area contributed by atoms with E-state index in [-0.39, 0.29) is 11.3 Å². The molecule has 0 fully saturated rings. The summed E-state index contributed by atoms with van der Waals surface area (Å²) in [7, 11) is 0. The van der Waals surface area contributed by atoms with Gasteiger partial charge in [0.05, 0.1) is 0 Å². The minimum Gasteiger partial charge on any atom is -0.293 e. The minimum absolute atomic E-state index is 0.128. The molecule has 0 amide bonds. The summed E-state index contributed by atoms with van der Waals surface area (Å²) in [5.41, 5.74) is 0.152. The van der Waals surface area contributed by atoms with Crippen LogP contribution in [0.2, 0.25) is 0 Å². The van der Waals surface area contributed by atoms with Crippen LogP contribution in [0.3, 0.4) is 0 Å². The molecule has 0 bridgehead atoms. The van der Waals surface area contributed by atoms with Crippen LogP contribution >= 0.6 is 0 Å². The van der Waals surface area contributed by atoms with E-state index in [0.29, 0.717) is 12.2 Å². The Hall–Kier alpha value is -1.45. The van der Waals surface area contributed by atoms with E-state index in [0.717, 1.165) is 0 Å². The predicted molar refractivity (Wildman–Crippen MR) is 44.2 cm³/mol. The average Bonchev–Trinajstić information content (AvgIpc) is 2.05. The molecule has 4 heteroatoms. The van der Waals surface area contributed by atoms with Crippen LogP contribution in [0.1, 0.15) is 24.3 Å². The molecule has 1 aromatic rings. The van der Waals surface area contributed by atoms with Gasteiger partial charge in [-0.05, 0) is 13.0 Å². The van der Waals surface area contributed by atoms with Crippen LogP contribution in [-0.4, -0.2) is 15.6 Å². The molecule has 1 heterocycles. The highest BCUT2D eigenvalue weighted by molar-refractivity contribution is 5.91. The molecule has 0 spiro atoms. The first kappa shape index (κ1) is 8.64. The Morgan fingerprint density at radius 1 is 1.58 bits per heavy atom. The van der Waals surface area contributed by atoms with Crippen molar-refractivity contribution in [1.29, 1.82) is 0 Å². The number of Topliss-reactive ketones (excluding diaryl/α,β-unsaturated/α-hetero) is 1. The van der Waals surface area contributed by atoms with Gasteiger partial charge in [-0.2, -0.15) is 5.10 Å². The molecule has 0 aliphatic rings. The molecule has 0 atom stereocenters. The van der Waals surface area contributed by atoms with Crippen LogP contribution < -0.4 is 5.56 Å². The molecule has 0 aliphatic heterocycles. The molecule has 4 nitrogen and oxygen atoms in total. The Labute approximate surface area is 69.8 Å². The summed E-state index contributed by atoms with van der Waals surface area (Å²) in [5.74, 6) is -0.128. The van der Waals surface area contributed by atoms with Crippen LogP contribution in [0.4, 0.5) is 0 Å². The summed E-state index contributed by atoms with van der Waals surface area (Å²) >= 11 is 0. The molecule has 0 saturated heterocycles. The third kappa shape index (κ3) is 1.58. The first-order valence-corrected chi connectivity index (χ1v) is 3.74. The van der Waals surface area contributed by atoms with Crippen LogP contribution in [0.15, 0.2) is 16.9 Å². The van der Waals surface area contributed by atoms with Gasteiger partial charge in [0.15, 0.2) is 5.78 Å². The van der Waals surface area contributed by atoms with Crippen molar-refractivity contribution in [1.82, 2.24) is 9.78 Å². The maximum atomic E-state index is 11.0. The standard InChI is InChI=1S/C8H10N2O2/c1-3-10-8(12)5-4-7(9-10)6(2)11/h4-5H,3H2,1-2H3. The summed E-state index contributed by atoms with van der Waals surface area (Å²) in [5, 5.41) is 3.84. The van der Waals surface area contributed by atoms with E-state index in [1.54, 1.807) is 6.92 Å². The van der Waals surface area contributed by atoms with Crippen molar-refractivity contribution < 1.29 is 4.79 Å². The predicted octanol–water partition coefficient (Wildman–Crippen LogP) is 0.466. The zero-order chi connectivity index (χ0) is 9.14. The number of hydrogen-bond donors (Lipinski definition) is 0. The minimum atomic E-state index is -0.178. The number of rotatable bonds is 2. The van der Waals surface area contributed by atoms with Crippen molar-refractivity contribution in [3.05, 3.63) is 28.2 Å². The Bertz CT molecular complexity index is 354. The molecule has 0 radical (unpaired) electrons. The van der Waals surface area contributed by atoms with Crippen LogP contribution in [0, 0.1) is 0 Å². The van der Waals surface area contributed by atoms with Crippen molar-refractivity contribution in [2.24, 2.45) is 0 Å². The fourth-order valence-electron chi connectivity index (χ4n) is 0.863. The Kier molecular flexibility index (Phi) is 2.38. The van der Waals surface area contributed by atoms with Gasteiger partial charge in [-0.25, -0.2) is 4.68 Å². The third-order valence-electron chi connectivity index (χ3n) is 1.53. The van der Waals surface area contributed by atoms with Crippen LogP contribution in [-0.2, 0) is 6.54 Å². The molecule has 0 unspecified atom stereocenters. The first-order chi connectivity index (χ1) is 5.65. The molecule has 0 aliphatic carbocycles. The Morgan fingerprint density at radius 3 is 2.75 bits per heavy atom. The largest absolute Gasteiger partial charge is 0.293 e. The van der Waals surface area contributed by atoms with Gasteiger partial charge in [0, 0.05) is 19.5 Å². The lowest BCUT2D eigenvalue weighted by Gasteiger charge is -2.00. The fraction of sp³-hybridized carbons (Fsp3) is 0.375. The van der Waals surface area contributed by atoms with Gasteiger partial charge in [0.1, 0.15) is 5.69 Å².